The van der Waals surface area contributed by atoms with Gasteiger partial charge in [0.2, 0.25) is 10.0 Å². The van der Waals surface area contributed by atoms with Crippen molar-refractivity contribution in [1.29, 1.82) is 0 Å². The number of benzene rings is 1. The third-order valence-corrected chi connectivity index (χ3v) is 6.03. The lowest BCUT2D eigenvalue weighted by Gasteiger charge is -2.13. The summed E-state index contributed by atoms with van der Waals surface area (Å²) in [6, 6.07) is 10.4. The van der Waals surface area contributed by atoms with E-state index in [-0.39, 0.29) is 11.4 Å². The van der Waals surface area contributed by atoms with Crippen molar-refractivity contribution >= 4 is 43.4 Å². The molecule has 0 aliphatic carbocycles. The largest absolute Gasteiger partial charge is 0.492 e. The Morgan fingerprint density at radius 3 is 2.55 bits per heavy atom. The number of ether oxygens (including phenoxy) is 1. The standard InChI is InChI=1S/C20H23BrN6O3S/c1-3-30-16-5-4-15(21)11-17(16)31(28,29)26-9-8-23-18-12-20(25-13-24-18)27-19-10-14(2)6-7-22-19/h4-7,10-13,26H,3,8-9H2,1-2H3,(H2,22,23,24,25,27). The van der Waals surface area contributed by atoms with Crippen molar-refractivity contribution in [3.05, 3.63) is 59.0 Å². The first kappa shape index (κ1) is 22.9. The van der Waals surface area contributed by atoms with Crippen molar-refractivity contribution in [2.24, 2.45) is 0 Å². The molecule has 0 spiro atoms. The first-order valence-electron chi connectivity index (χ1n) is 9.55. The summed E-state index contributed by atoms with van der Waals surface area (Å²) >= 11 is 3.30. The van der Waals surface area contributed by atoms with Gasteiger partial charge in [-0.3, -0.25) is 0 Å². The van der Waals surface area contributed by atoms with E-state index in [0.29, 0.717) is 40.8 Å². The van der Waals surface area contributed by atoms with Crippen molar-refractivity contribution < 1.29 is 13.2 Å². The molecule has 164 valence electrons. The van der Waals surface area contributed by atoms with Crippen molar-refractivity contribution in [1.82, 2.24) is 19.7 Å². The van der Waals surface area contributed by atoms with Crippen LogP contribution in [0.15, 0.2) is 58.3 Å². The quantitative estimate of drug-likeness (QED) is 0.357. The molecule has 0 aliphatic rings. The summed E-state index contributed by atoms with van der Waals surface area (Å²) in [5.41, 5.74) is 1.08. The maximum Gasteiger partial charge on any atom is 0.244 e. The Morgan fingerprint density at radius 1 is 1.00 bits per heavy atom. The molecular formula is C20H23BrN6O3S. The zero-order valence-corrected chi connectivity index (χ0v) is 19.5. The van der Waals surface area contributed by atoms with Crippen molar-refractivity contribution in [2.75, 3.05) is 30.3 Å². The first-order chi connectivity index (χ1) is 14.9. The maximum absolute atomic E-state index is 12.7. The zero-order valence-electron chi connectivity index (χ0n) is 17.1. The Bertz CT molecular complexity index is 1140. The highest BCUT2D eigenvalue weighted by Crippen LogP contribution is 2.27. The normalized spacial score (nSPS) is 11.2. The predicted octanol–water partition coefficient (Wildman–Crippen LogP) is 3.48. The van der Waals surface area contributed by atoms with Crippen LogP contribution in [-0.4, -0.2) is 43.1 Å². The van der Waals surface area contributed by atoms with Gasteiger partial charge in [0, 0.05) is 29.8 Å². The second-order valence-electron chi connectivity index (χ2n) is 6.48. The summed E-state index contributed by atoms with van der Waals surface area (Å²) in [7, 11) is -3.74. The van der Waals surface area contributed by atoms with Crippen LogP contribution in [0, 0.1) is 6.92 Å². The minimum atomic E-state index is -3.74. The van der Waals surface area contributed by atoms with Gasteiger partial charge in [-0.2, -0.15) is 0 Å². The van der Waals surface area contributed by atoms with Gasteiger partial charge in [-0.25, -0.2) is 28.1 Å². The number of rotatable bonds is 10. The Hall–Kier alpha value is -2.76. The number of sulfonamides is 1. The van der Waals surface area contributed by atoms with Crippen LogP contribution in [-0.2, 0) is 10.0 Å². The van der Waals surface area contributed by atoms with Gasteiger partial charge < -0.3 is 15.4 Å². The predicted molar refractivity (Wildman–Crippen MR) is 123 cm³/mol. The Balaban J connectivity index is 1.58. The third kappa shape index (κ3) is 6.61. The lowest BCUT2D eigenvalue weighted by atomic mass is 10.3. The van der Waals surface area contributed by atoms with E-state index in [1.807, 2.05) is 19.1 Å². The smallest absolute Gasteiger partial charge is 0.244 e. The maximum atomic E-state index is 12.7. The lowest BCUT2D eigenvalue weighted by molar-refractivity contribution is 0.331. The number of hydrogen-bond acceptors (Lipinski definition) is 8. The van der Waals surface area contributed by atoms with Gasteiger partial charge in [-0.15, -0.1) is 0 Å². The second kappa shape index (κ2) is 10.5. The minimum Gasteiger partial charge on any atom is -0.492 e. The molecule has 3 aromatic rings. The average molecular weight is 507 g/mol. The van der Waals surface area contributed by atoms with E-state index in [1.165, 1.54) is 12.4 Å². The molecule has 3 rings (SSSR count). The summed E-state index contributed by atoms with van der Waals surface area (Å²) in [4.78, 5) is 12.7. The molecule has 9 nitrogen and oxygen atoms in total. The Morgan fingerprint density at radius 2 is 1.77 bits per heavy atom. The molecular weight excluding hydrogens is 484 g/mol. The van der Waals surface area contributed by atoms with E-state index in [0.717, 1.165) is 5.56 Å². The van der Waals surface area contributed by atoms with Crippen LogP contribution in [0.4, 0.5) is 17.5 Å². The third-order valence-electron chi connectivity index (χ3n) is 4.06. The fourth-order valence-electron chi connectivity index (χ4n) is 2.68. The Kier molecular flexibility index (Phi) is 7.77. The van der Waals surface area contributed by atoms with Gasteiger partial charge in [0.1, 0.15) is 34.4 Å². The molecule has 0 aliphatic heterocycles. The van der Waals surface area contributed by atoms with E-state index in [1.54, 1.807) is 31.3 Å². The number of aryl methyl sites for hydroxylation is 1. The van der Waals surface area contributed by atoms with Gasteiger partial charge in [-0.1, -0.05) is 15.9 Å². The van der Waals surface area contributed by atoms with Crippen LogP contribution in [0.5, 0.6) is 5.75 Å². The number of anilines is 3. The fourth-order valence-corrected chi connectivity index (χ4v) is 4.39. The average Bonchev–Trinajstić information content (AvgIpc) is 2.73. The minimum absolute atomic E-state index is 0.0860. The number of pyridine rings is 1. The number of nitrogens with one attached hydrogen (secondary N) is 3. The highest BCUT2D eigenvalue weighted by Gasteiger charge is 2.19. The molecule has 31 heavy (non-hydrogen) atoms. The SMILES string of the molecule is CCOc1ccc(Br)cc1S(=O)(=O)NCCNc1cc(Nc2cc(C)ccn2)ncn1. The van der Waals surface area contributed by atoms with Crippen LogP contribution in [0.3, 0.4) is 0 Å². The molecule has 0 saturated carbocycles. The molecule has 11 heteroatoms. The van der Waals surface area contributed by atoms with Crippen molar-refractivity contribution in [3.8, 4) is 5.75 Å². The lowest BCUT2D eigenvalue weighted by Crippen LogP contribution is -2.29. The van der Waals surface area contributed by atoms with Crippen LogP contribution >= 0.6 is 15.9 Å². The highest BCUT2D eigenvalue weighted by atomic mass is 79.9. The van der Waals surface area contributed by atoms with Gasteiger partial charge in [0.15, 0.2) is 0 Å². The molecule has 0 radical (unpaired) electrons. The topological polar surface area (TPSA) is 118 Å². The molecule has 3 N–H and O–H groups in total. The summed E-state index contributed by atoms with van der Waals surface area (Å²) in [5, 5.41) is 6.19. The molecule has 2 aromatic heterocycles. The summed E-state index contributed by atoms with van der Waals surface area (Å²) in [6.45, 7) is 4.64. The van der Waals surface area contributed by atoms with E-state index in [4.69, 9.17) is 4.74 Å². The fraction of sp³-hybridized carbons (Fsp3) is 0.250. The first-order valence-corrected chi connectivity index (χ1v) is 11.8. The van der Waals surface area contributed by atoms with Gasteiger partial charge in [0.25, 0.3) is 0 Å². The molecule has 1 aromatic carbocycles. The molecule has 0 fully saturated rings. The van der Waals surface area contributed by atoms with Crippen molar-refractivity contribution in [3.63, 3.8) is 0 Å². The van der Waals surface area contributed by atoms with Crippen LogP contribution in [0.1, 0.15) is 12.5 Å². The van der Waals surface area contributed by atoms with E-state index >= 15 is 0 Å². The highest BCUT2D eigenvalue weighted by molar-refractivity contribution is 9.10. The summed E-state index contributed by atoms with van der Waals surface area (Å²) < 4.78 is 34.1. The number of nitrogens with zero attached hydrogens (tertiary/aromatic N) is 3. The van der Waals surface area contributed by atoms with E-state index < -0.39 is 10.0 Å². The van der Waals surface area contributed by atoms with Crippen LogP contribution in [0.2, 0.25) is 0 Å². The van der Waals surface area contributed by atoms with E-state index in [2.05, 4.69) is 46.2 Å². The number of hydrogen-bond donors (Lipinski definition) is 3. The molecule has 2 heterocycles. The molecule has 0 unspecified atom stereocenters. The van der Waals surface area contributed by atoms with Crippen LogP contribution in [0.25, 0.3) is 0 Å². The van der Waals surface area contributed by atoms with Crippen molar-refractivity contribution in [2.45, 2.75) is 18.7 Å². The zero-order chi connectivity index (χ0) is 22.3. The molecule has 0 saturated heterocycles. The number of halogens is 1. The summed E-state index contributed by atoms with van der Waals surface area (Å²) in [6.07, 6.45) is 3.13. The molecule has 0 amide bonds. The van der Waals surface area contributed by atoms with E-state index in [9.17, 15) is 8.42 Å². The molecule has 0 atom stereocenters. The number of aromatic nitrogens is 3. The van der Waals surface area contributed by atoms with Gasteiger partial charge in [-0.05, 0) is 49.7 Å². The van der Waals surface area contributed by atoms with Gasteiger partial charge in [0.05, 0.1) is 6.61 Å². The van der Waals surface area contributed by atoms with Crippen LogP contribution < -0.4 is 20.1 Å². The summed E-state index contributed by atoms with van der Waals surface area (Å²) in [5.74, 6) is 2.12. The monoisotopic (exact) mass is 506 g/mol. The second-order valence-corrected chi connectivity index (χ2v) is 9.13. The Labute approximate surface area is 189 Å². The van der Waals surface area contributed by atoms with Gasteiger partial charge >= 0.3 is 0 Å². The molecule has 0 bridgehead atoms.